The van der Waals surface area contributed by atoms with E-state index in [0.717, 1.165) is 12.8 Å². The molecule has 4 fully saturated rings. The fraction of sp³-hybridized carbons (Fsp3) is 0.788. The van der Waals surface area contributed by atoms with Crippen molar-refractivity contribution in [3.05, 3.63) is 30.3 Å². The second-order valence-electron chi connectivity index (χ2n) is 15.6. The molecular formula is C33H52O8SSi. The van der Waals surface area contributed by atoms with Gasteiger partial charge >= 0.3 is 5.97 Å². The third-order valence-electron chi connectivity index (χ3n) is 12.2. The van der Waals surface area contributed by atoms with E-state index in [4.69, 9.17) is 23.4 Å². The highest BCUT2D eigenvalue weighted by Gasteiger charge is 2.83. The molecule has 0 N–H and O–H groups in total. The Kier molecular flexibility index (Phi) is 8.17. The van der Waals surface area contributed by atoms with E-state index in [-0.39, 0.29) is 40.1 Å². The predicted octanol–water partition coefficient (Wildman–Crippen LogP) is 6.00. The van der Waals surface area contributed by atoms with Crippen molar-refractivity contribution in [3.8, 4) is 0 Å². The Morgan fingerprint density at radius 1 is 1.07 bits per heavy atom. The van der Waals surface area contributed by atoms with Crippen molar-refractivity contribution in [3.63, 3.8) is 0 Å². The number of sulfone groups is 1. The second kappa shape index (κ2) is 10.6. The van der Waals surface area contributed by atoms with Crippen molar-refractivity contribution >= 4 is 24.1 Å². The summed E-state index contributed by atoms with van der Waals surface area (Å²) in [6.45, 7) is 18.0. The summed E-state index contributed by atoms with van der Waals surface area (Å²) >= 11 is 0. The van der Waals surface area contributed by atoms with Gasteiger partial charge in [-0.3, -0.25) is 4.79 Å². The monoisotopic (exact) mass is 636 g/mol. The number of rotatable bonds is 8. The molecule has 0 unspecified atom stereocenters. The van der Waals surface area contributed by atoms with E-state index in [1.54, 1.807) is 37.4 Å². The first kappa shape index (κ1) is 33.1. The summed E-state index contributed by atoms with van der Waals surface area (Å²) in [5.41, 5.74) is -2.24. The van der Waals surface area contributed by atoms with Gasteiger partial charge in [0.25, 0.3) is 0 Å². The minimum absolute atomic E-state index is 0.0126. The maximum Gasteiger partial charge on any atom is 0.311 e. The van der Waals surface area contributed by atoms with Crippen LogP contribution in [0.5, 0.6) is 0 Å². The third-order valence-corrected chi connectivity index (χ3v) is 18.4. The van der Waals surface area contributed by atoms with Crippen LogP contribution >= 0.6 is 0 Å². The Morgan fingerprint density at radius 2 is 1.72 bits per heavy atom. The van der Waals surface area contributed by atoms with Crippen LogP contribution in [-0.4, -0.2) is 72.9 Å². The zero-order valence-electron chi connectivity index (χ0n) is 27.7. The van der Waals surface area contributed by atoms with Crippen LogP contribution in [0.15, 0.2) is 35.2 Å². The largest absolute Gasteiger partial charge is 0.469 e. The standard InChI is InChI=1S/C33H52O8SSi/c1-29(2,3)43(9,10)41-26-17-16-22-21-39-33(38-8)25(18-19-42(35,36)23-14-12-11-13-15-23)30(4,5)27(28(34)37-7)24-20-31(26,6)32(22,33)40-24/h11-15,22,24-27H,16-21H2,1-10H3/t22-,24-,25-,26+,27-,31-,32+,33-/m1/s1. The number of benzene rings is 1. The Balaban J connectivity index is 1.67. The van der Waals surface area contributed by atoms with Gasteiger partial charge in [-0.15, -0.1) is 0 Å². The van der Waals surface area contributed by atoms with Gasteiger partial charge in [0.05, 0.1) is 42.5 Å². The number of carbonyl (C=O) groups excluding carboxylic acids is 1. The number of carbonyl (C=O) groups is 1. The van der Waals surface area contributed by atoms with Crippen molar-refractivity contribution in [2.75, 3.05) is 26.6 Å². The zero-order valence-corrected chi connectivity index (χ0v) is 29.5. The van der Waals surface area contributed by atoms with Gasteiger partial charge < -0.3 is 23.4 Å². The highest BCUT2D eigenvalue weighted by molar-refractivity contribution is 7.91. The summed E-state index contributed by atoms with van der Waals surface area (Å²) in [4.78, 5) is 14.0. The highest BCUT2D eigenvalue weighted by atomic mass is 32.2. The van der Waals surface area contributed by atoms with Crippen LogP contribution in [0.4, 0.5) is 0 Å². The number of hydrogen-bond acceptors (Lipinski definition) is 8. The Morgan fingerprint density at radius 3 is 2.30 bits per heavy atom. The Bertz CT molecular complexity index is 1320. The van der Waals surface area contributed by atoms with Crippen molar-refractivity contribution < 1.29 is 36.6 Å². The molecule has 3 aliphatic heterocycles. The Labute approximate surface area is 259 Å². The average Bonchev–Trinajstić information content (AvgIpc) is 3.40. The summed E-state index contributed by atoms with van der Waals surface area (Å²) in [7, 11) is -2.75. The molecule has 1 aliphatic carbocycles. The smallest absolute Gasteiger partial charge is 0.311 e. The summed E-state index contributed by atoms with van der Waals surface area (Å²) in [6, 6.07) is 8.53. The molecule has 3 saturated heterocycles. The maximum atomic E-state index is 13.7. The highest BCUT2D eigenvalue weighted by Crippen LogP contribution is 2.73. The van der Waals surface area contributed by atoms with Crippen LogP contribution in [0, 0.1) is 28.6 Å². The van der Waals surface area contributed by atoms with E-state index < -0.39 is 58.3 Å². The summed E-state index contributed by atoms with van der Waals surface area (Å²) in [5, 5.41) is 0.0126. The van der Waals surface area contributed by atoms with Gasteiger partial charge in [-0.2, -0.15) is 0 Å². The topological polar surface area (TPSA) is 97.4 Å². The summed E-state index contributed by atoms with van der Waals surface area (Å²) in [6.07, 6.45) is 1.97. The van der Waals surface area contributed by atoms with Crippen LogP contribution in [0.3, 0.4) is 0 Å². The average molecular weight is 637 g/mol. The van der Waals surface area contributed by atoms with Crippen molar-refractivity contribution in [2.45, 2.75) is 114 Å². The van der Waals surface area contributed by atoms with E-state index in [9.17, 15) is 13.2 Å². The minimum atomic E-state index is -3.62. The van der Waals surface area contributed by atoms with Crippen LogP contribution in [0.2, 0.25) is 18.1 Å². The van der Waals surface area contributed by atoms with Crippen molar-refractivity contribution in [2.24, 2.45) is 28.6 Å². The van der Waals surface area contributed by atoms with Crippen LogP contribution in [0.1, 0.15) is 67.2 Å². The molecule has 1 aromatic rings. The van der Waals surface area contributed by atoms with Crippen molar-refractivity contribution in [1.82, 2.24) is 0 Å². The van der Waals surface area contributed by atoms with Gasteiger partial charge in [-0.05, 0) is 61.4 Å². The number of esters is 1. The van der Waals surface area contributed by atoms with Gasteiger partial charge in [-0.1, -0.05) is 59.7 Å². The predicted molar refractivity (Wildman–Crippen MR) is 167 cm³/mol. The molecule has 10 heteroatoms. The summed E-state index contributed by atoms with van der Waals surface area (Å²) in [5.74, 6) is -2.87. The molecular weight excluding hydrogens is 585 g/mol. The van der Waals surface area contributed by atoms with Gasteiger partial charge in [0.15, 0.2) is 18.2 Å². The maximum absolute atomic E-state index is 13.7. The third kappa shape index (κ3) is 4.63. The van der Waals surface area contributed by atoms with E-state index >= 15 is 0 Å². The quantitative estimate of drug-likeness (QED) is 0.253. The first-order valence-corrected chi connectivity index (χ1v) is 20.3. The molecule has 8 atom stereocenters. The van der Waals surface area contributed by atoms with Crippen LogP contribution in [-0.2, 0) is 38.0 Å². The molecule has 4 aliphatic rings. The molecule has 43 heavy (non-hydrogen) atoms. The molecule has 5 rings (SSSR count). The molecule has 0 aromatic heterocycles. The Hall–Kier alpha value is -1.30. The second-order valence-corrected chi connectivity index (χ2v) is 22.5. The number of methoxy groups -OCH3 is 2. The molecule has 242 valence electrons. The zero-order chi connectivity index (χ0) is 31.9. The van der Waals surface area contributed by atoms with E-state index in [0.29, 0.717) is 13.0 Å². The molecule has 1 aromatic carbocycles. The van der Waals surface area contributed by atoms with Crippen LogP contribution in [0.25, 0.3) is 0 Å². The molecule has 8 nitrogen and oxygen atoms in total. The minimum Gasteiger partial charge on any atom is -0.469 e. The summed E-state index contributed by atoms with van der Waals surface area (Å²) < 4.78 is 60.7. The SMILES string of the molecule is COC(=O)[C@H]1[C@H]2C[C@]3(C)[C@@H](O[Si](C)(C)C(C)(C)C)CC[C@@H]4CO[C@](OC)([C@H](CCS(=O)(=O)c5ccccc5)C1(C)C)[C@]43O2. The fourth-order valence-corrected chi connectivity index (χ4v) is 11.9. The molecule has 0 amide bonds. The lowest BCUT2D eigenvalue weighted by Gasteiger charge is -2.61. The lowest BCUT2D eigenvalue weighted by molar-refractivity contribution is -0.340. The molecule has 3 heterocycles. The van der Waals surface area contributed by atoms with Gasteiger partial charge in [0, 0.05) is 24.4 Å². The number of fused-ring (bicyclic) bond motifs is 1. The van der Waals surface area contributed by atoms with E-state index in [1.165, 1.54) is 7.11 Å². The van der Waals surface area contributed by atoms with E-state index in [1.807, 2.05) is 13.8 Å². The normalized spacial score (nSPS) is 38.8. The number of ether oxygens (including phenoxy) is 4. The van der Waals surface area contributed by atoms with E-state index in [2.05, 4.69) is 40.8 Å². The van der Waals surface area contributed by atoms with Crippen molar-refractivity contribution in [1.29, 1.82) is 0 Å². The lowest BCUT2D eigenvalue weighted by Crippen LogP contribution is -2.72. The fourth-order valence-electron chi connectivity index (χ4n) is 9.06. The van der Waals surface area contributed by atoms with Gasteiger partial charge in [0.1, 0.15) is 5.60 Å². The molecule has 1 saturated carbocycles. The first-order valence-electron chi connectivity index (χ1n) is 15.7. The number of hydrogen-bond donors (Lipinski definition) is 0. The molecule has 0 radical (unpaired) electrons. The molecule has 1 spiro atoms. The lowest BCUT2D eigenvalue weighted by atomic mass is 9.49. The van der Waals surface area contributed by atoms with Crippen LogP contribution < -0.4 is 0 Å². The molecule has 2 bridgehead atoms. The first-order chi connectivity index (χ1) is 19.8. The van der Waals surface area contributed by atoms with Gasteiger partial charge in [0.2, 0.25) is 5.79 Å². The van der Waals surface area contributed by atoms with Gasteiger partial charge in [-0.25, -0.2) is 8.42 Å².